The number of hydrogen-bond acceptors (Lipinski definition) is 5. The van der Waals surface area contributed by atoms with Crippen molar-refractivity contribution in [3.63, 3.8) is 0 Å². The van der Waals surface area contributed by atoms with Gasteiger partial charge in [0.05, 0.1) is 5.41 Å². The lowest BCUT2D eigenvalue weighted by molar-refractivity contribution is -0.123. The van der Waals surface area contributed by atoms with E-state index in [2.05, 4.69) is 9.68 Å². The van der Waals surface area contributed by atoms with Crippen molar-refractivity contribution >= 4 is 15.9 Å². The van der Waals surface area contributed by atoms with Gasteiger partial charge >= 0.3 is 0 Å². The van der Waals surface area contributed by atoms with Crippen molar-refractivity contribution in [2.75, 3.05) is 0 Å². The molecular weight excluding hydrogens is 311 g/mol. The molecule has 0 fully saturated rings. The largest absolute Gasteiger partial charge is 0.364 e. The molecule has 0 aliphatic carbocycles. The number of rotatable bonds is 5. The van der Waals surface area contributed by atoms with Crippen LogP contribution in [-0.4, -0.2) is 19.5 Å². The smallest absolute Gasteiger partial charge is 0.243 e. The normalized spacial score (nSPS) is 12.1. The van der Waals surface area contributed by atoms with Gasteiger partial charge in [-0.3, -0.25) is 9.52 Å². The second-order valence-electron chi connectivity index (χ2n) is 5.31. The van der Waals surface area contributed by atoms with Crippen LogP contribution < -0.4 is 4.72 Å². The number of halogens is 1. The predicted molar refractivity (Wildman–Crippen MR) is 76.7 cm³/mol. The van der Waals surface area contributed by atoms with Crippen LogP contribution in [0.25, 0.3) is 0 Å². The molecule has 22 heavy (non-hydrogen) atoms. The zero-order chi connectivity index (χ0) is 16.4. The van der Waals surface area contributed by atoms with E-state index in [-0.39, 0.29) is 5.69 Å². The van der Waals surface area contributed by atoms with Crippen molar-refractivity contribution in [3.05, 3.63) is 53.7 Å². The zero-order valence-corrected chi connectivity index (χ0v) is 12.9. The van der Waals surface area contributed by atoms with Crippen molar-refractivity contribution in [3.8, 4) is 0 Å². The fraction of sp³-hybridized carbons (Fsp3) is 0.286. The number of hydrogen-bond donors (Lipinski definition) is 1. The highest BCUT2D eigenvalue weighted by Crippen LogP contribution is 2.24. The Kier molecular flexibility index (Phi) is 4.32. The van der Waals surface area contributed by atoms with E-state index in [1.807, 2.05) is 4.72 Å². The van der Waals surface area contributed by atoms with Crippen molar-refractivity contribution in [1.82, 2.24) is 9.88 Å². The summed E-state index contributed by atoms with van der Waals surface area (Å²) in [6, 6.07) is 6.72. The highest BCUT2D eigenvalue weighted by atomic mass is 32.2. The molecule has 0 radical (unpaired) electrons. The molecule has 0 bridgehead atoms. The van der Waals surface area contributed by atoms with Crippen molar-refractivity contribution in [2.45, 2.75) is 25.0 Å². The van der Waals surface area contributed by atoms with E-state index in [9.17, 15) is 17.6 Å². The summed E-state index contributed by atoms with van der Waals surface area (Å²) in [5, 5.41) is 3.49. The van der Waals surface area contributed by atoms with Gasteiger partial charge in [0.15, 0.2) is 0 Å². The molecule has 1 N–H and O–H groups in total. The molecule has 6 nitrogen and oxygen atoms in total. The van der Waals surface area contributed by atoms with Gasteiger partial charge in [0.25, 0.3) is 0 Å². The molecule has 0 atom stereocenters. The molecule has 0 aliphatic rings. The van der Waals surface area contributed by atoms with Crippen molar-refractivity contribution in [2.24, 2.45) is 0 Å². The maximum absolute atomic E-state index is 12.9. The Morgan fingerprint density at radius 3 is 2.45 bits per heavy atom. The first-order valence-corrected chi connectivity index (χ1v) is 8.06. The monoisotopic (exact) mass is 326 g/mol. The van der Waals surface area contributed by atoms with Gasteiger partial charge in [-0.25, -0.2) is 12.8 Å². The molecule has 0 saturated carbocycles. The third kappa shape index (κ3) is 3.70. The first-order chi connectivity index (χ1) is 10.2. The van der Waals surface area contributed by atoms with Gasteiger partial charge in [0, 0.05) is 6.07 Å². The van der Waals surface area contributed by atoms with E-state index in [0.29, 0.717) is 5.56 Å². The maximum atomic E-state index is 12.9. The second kappa shape index (κ2) is 5.88. The molecule has 1 heterocycles. The first kappa shape index (κ1) is 16.2. The molecule has 2 aromatic rings. The van der Waals surface area contributed by atoms with Gasteiger partial charge in [0.1, 0.15) is 23.5 Å². The van der Waals surface area contributed by atoms with Crippen LogP contribution in [0.4, 0.5) is 4.39 Å². The molecule has 1 aromatic carbocycles. The SMILES string of the molecule is CC(C)(C(=O)NS(=O)(=O)Cc1ccon1)c1ccc(F)cc1. The summed E-state index contributed by atoms with van der Waals surface area (Å²) in [6.45, 7) is 3.11. The van der Waals surface area contributed by atoms with E-state index < -0.39 is 32.9 Å². The molecule has 0 saturated heterocycles. The minimum Gasteiger partial charge on any atom is -0.364 e. The lowest BCUT2D eigenvalue weighted by Gasteiger charge is -2.23. The molecule has 0 unspecified atom stereocenters. The molecule has 0 spiro atoms. The van der Waals surface area contributed by atoms with Gasteiger partial charge in [-0.15, -0.1) is 0 Å². The number of amides is 1. The van der Waals surface area contributed by atoms with Crippen molar-refractivity contribution in [1.29, 1.82) is 0 Å². The Morgan fingerprint density at radius 1 is 1.27 bits per heavy atom. The fourth-order valence-electron chi connectivity index (χ4n) is 1.81. The minimum absolute atomic E-state index is 0.194. The molecule has 118 valence electrons. The summed E-state index contributed by atoms with van der Waals surface area (Å²) in [7, 11) is -3.90. The van der Waals surface area contributed by atoms with E-state index in [0.717, 1.165) is 0 Å². The Balaban J connectivity index is 2.14. The number of carbonyl (C=O) groups excluding carboxylic acids is 1. The minimum atomic E-state index is -3.90. The molecular formula is C14H15FN2O4S. The van der Waals surface area contributed by atoms with Gasteiger partial charge in [-0.2, -0.15) is 0 Å². The lowest BCUT2D eigenvalue weighted by Crippen LogP contribution is -2.43. The standard InChI is InChI=1S/C14H15FN2O4S/c1-14(2,10-3-5-11(15)6-4-10)13(18)17-22(19,20)9-12-7-8-21-16-12/h3-8H,9H2,1-2H3,(H,17,18). The van der Waals surface area contributed by atoms with Crippen LogP contribution in [0, 0.1) is 5.82 Å². The van der Waals surface area contributed by atoms with Gasteiger partial charge in [-0.05, 0) is 31.5 Å². The quantitative estimate of drug-likeness (QED) is 0.904. The van der Waals surface area contributed by atoms with Gasteiger partial charge in [-0.1, -0.05) is 17.3 Å². The van der Waals surface area contributed by atoms with Crippen molar-refractivity contribution < 1.29 is 22.1 Å². The molecule has 8 heteroatoms. The van der Waals surface area contributed by atoms with Gasteiger partial charge in [0.2, 0.25) is 15.9 Å². The average molecular weight is 326 g/mol. The van der Waals surface area contributed by atoms with Crippen LogP contribution in [0.5, 0.6) is 0 Å². The third-order valence-electron chi connectivity index (χ3n) is 3.21. The number of sulfonamides is 1. The molecule has 0 aliphatic heterocycles. The number of aromatic nitrogens is 1. The van der Waals surface area contributed by atoms with Crippen LogP contribution in [0.3, 0.4) is 0 Å². The van der Waals surface area contributed by atoms with Crippen LogP contribution in [-0.2, 0) is 26.0 Å². The second-order valence-corrected chi connectivity index (χ2v) is 7.04. The summed E-state index contributed by atoms with van der Waals surface area (Å²) in [6.07, 6.45) is 1.25. The van der Waals surface area contributed by atoms with Crippen LogP contribution in [0.1, 0.15) is 25.1 Å². The number of carbonyl (C=O) groups is 1. The summed E-state index contributed by atoms with van der Waals surface area (Å²) >= 11 is 0. The summed E-state index contributed by atoms with van der Waals surface area (Å²) in [5.41, 5.74) is -0.437. The summed E-state index contributed by atoms with van der Waals surface area (Å²) in [4.78, 5) is 12.3. The van der Waals surface area contributed by atoms with Crippen LogP contribution >= 0.6 is 0 Å². The fourth-order valence-corrected chi connectivity index (χ4v) is 2.96. The number of benzene rings is 1. The van der Waals surface area contributed by atoms with E-state index in [1.54, 1.807) is 13.8 Å². The predicted octanol–water partition coefficient (Wildman–Crippen LogP) is 1.74. The van der Waals surface area contributed by atoms with Crippen LogP contribution in [0.15, 0.2) is 41.1 Å². The number of nitrogens with zero attached hydrogens (tertiary/aromatic N) is 1. The summed E-state index contributed by atoms with van der Waals surface area (Å²) < 4.78 is 43.4. The van der Waals surface area contributed by atoms with Crippen LogP contribution in [0.2, 0.25) is 0 Å². The third-order valence-corrected chi connectivity index (χ3v) is 4.38. The molecule has 2 rings (SSSR count). The lowest BCUT2D eigenvalue weighted by atomic mass is 9.84. The van der Waals surface area contributed by atoms with E-state index >= 15 is 0 Å². The molecule has 1 amide bonds. The highest BCUT2D eigenvalue weighted by Gasteiger charge is 2.32. The van der Waals surface area contributed by atoms with Gasteiger partial charge < -0.3 is 4.52 Å². The molecule has 1 aromatic heterocycles. The Hall–Kier alpha value is -2.22. The first-order valence-electron chi connectivity index (χ1n) is 6.41. The topological polar surface area (TPSA) is 89.3 Å². The Labute approximate surface area is 127 Å². The summed E-state index contributed by atoms with van der Waals surface area (Å²) in [5.74, 6) is -1.60. The number of nitrogens with one attached hydrogen (secondary N) is 1. The maximum Gasteiger partial charge on any atom is 0.243 e. The Morgan fingerprint density at radius 2 is 1.91 bits per heavy atom. The highest BCUT2D eigenvalue weighted by molar-refractivity contribution is 7.89. The van der Waals surface area contributed by atoms with E-state index in [4.69, 9.17) is 0 Å². The van der Waals surface area contributed by atoms with E-state index in [1.165, 1.54) is 36.6 Å². The average Bonchev–Trinajstić information content (AvgIpc) is 2.90. The Bertz CT molecular complexity index is 753. The zero-order valence-electron chi connectivity index (χ0n) is 12.0.